The number of hydrogen-bond donors (Lipinski definition) is 1. The van der Waals surface area contributed by atoms with E-state index in [-0.39, 0.29) is 6.42 Å². The van der Waals surface area contributed by atoms with E-state index in [1.165, 1.54) is 5.56 Å². The third kappa shape index (κ3) is 2.19. The van der Waals surface area contributed by atoms with Crippen LogP contribution < -0.4 is 0 Å². The van der Waals surface area contributed by atoms with E-state index in [4.69, 9.17) is 5.11 Å². The molecule has 16 heavy (non-hydrogen) atoms. The Morgan fingerprint density at radius 1 is 1.38 bits per heavy atom. The number of nitrogens with zero attached hydrogens (tertiary/aromatic N) is 1. The summed E-state index contributed by atoms with van der Waals surface area (Å²) in [5.74, 6) is -0.786. The number of pyridine rings is 1. The molecule has 0 atom stereocenters. The Kier molecular flexibility index (Phi) is 2.86. The van der Waals surface area contributed by atoms with Gasteiger partial charge in [-0.2, -0.15) is 0 Å². The summed E-state index contributed by atoms with van der Waals surface area (Å²) >= 11 is 0. The van der Waals surface area contributed by atoms with Gasteiger partial charge in [0.05, 0.1) is 6.42 Å². The monoisotopic (exact) mass is 215 g/mol. The number of carboxylic acids is 1. The number of hydrogen-bond acceptors (Lipinski definition) is 2. The maximum Gasteiger partial charge on any atom is 0.303 e. The van der Waals surface area contributed by atoms with Crippen LogP contribution in [0.1, 0.15) is 17.7 Å². The summed E-state index contributed by atoms with van der Waals surface area (Å²) in [5, 5.41) is 10.8. The van der Waals surface area contributed by atoms with Crippen molar-refractivity contribution in [1.29, 1.82) is 0 Å². The second-order valence-corrected chi connectivity index (χ2v) is 3.88. The zero-order valence-corrected chi connectivity index (χ0v) is 9.10. The molecule has 3 nitrogen and oxygen atoms in total. The Morgan fingerprint density at radius 3 is 2.94 bits per heavy atom. The smallest absolute Gasteiger partial charge is 0.303 e. The van der Waals surface area contributed by atoms with Gasteiger partial charge in [0.25, 0.3) is 0 Å². The second-order valence-electron chi connectivity index (χ2n) is 3.88. The molecule has 0 saturated heterocycles. The lowest BCUT2D eigenvalue weighted by Gasteiger charge is -2.04. The number of aryl methyl sites for hydroxylation is 2. The zero-order valence-electron chi connectivity index (χ0n) is 9.10. The molecule has 2 aromatic rings. The molecule has 0 fully saturated rings. The number of aliphatic carboxylic acids is 1. The Labute approximate surface area is 93.7 Å². The minimum atomic E-state index is -0.786. The van der Waals surface area contributed by atoms with Crippen LogP contribution in [0.4, 0.5) is 0 Å². The third-order valence-corrected chi connectivity index (χ3v) is 2.58. The van der Waals surface area contributed by atoms with Crippen molar-refractivity contribution in [2.24, 2.45) is 0 Å². The topological polar surface area (TPSA) is 50.2 Å². The summed E-state index contributed by atoms with van der Waals surface area (Å²) in [6, 6.07) is 8.07. The van der Waals surface area contributed by atoms with Crippen LogP contribution in [0.2, 0.25) is 0 Å². The number of aromatic nitrogens is 1. The van der Waals surface area contributed by atoms with Crippen LogP contribution >= 0.6 is 0 Å². The Hall–Kier alpha value is -1.90. The van der Waals surface area contributed by atoms with E-state index in [0.717, 1.165) is 16.5 Å². The molecule has 0 saturated carbocycles. The predicted molar refractivity (Wildman–Crippen MR) is 62.4 cm³/mol. The van der Waals surface area contributed by atoms with E-state index in [2.05, 4.69) is 11.1 Å². The van der Waals surface area contributed by atoms with Gasteiger partial charge in [-0.3, -0.25) is 9.78 Å². The van der Waals surface area contributed by atoms with Crippen molar-refractivity contribution in [1.82, 2.24) is 4.98 Å². The Balaban J connectivity index is 2.41. The van der Waals surface area contributed by atoms with Crippen LogP contribution in [0.3, 0.4) is 0 Å². The molecule has 1 aromatic carbocycles. The summed E-state index contributed by atoms with van der Waals surface area (Å²) in [7, 11) is 0. The highest BCUT2D eigenvalue weighted by Gasteiger charge is 2.05. The molecule has 0 aliphatic rings. The lowest BCUT2D eigenvalue weighted by atomic mass is 10.0. The maximum atomic E-state index is 10.5. The van der Waals surface area contributed by atoms with Crippen LogP contribution in [0.5, 0.6) is 0 Å². The molecule has 0 bridgehead atoms. The molecule has 1 N–H and O–H groups in total. The van der Waals surface area contributed by atoms with Gasteiger partial charge in [0.1, 0.15) is 0 Å². The van der Waals surface area contributed by atoms with Gasteiger partial charge in [-0.25, -0.2) is 0 Å². The van der Waals surface area contributed by atoms with E-state index in [9.17, 15) is 4.79 Å². The van der Waals surface area contributed by atoms with Crippen LogP contribution in [0, 0.1) is 6.92 Å². The molecule has 1 aromatic heterocycles. The fourth-order valence-corrected chi connectivity index (χ4v) is 1.78. The normalized spacial score (nSPS) is 10.6. The van der Waals surface area contributed by atoms with Crippen molar-refractivity contribution in [2.75, 3.05) is 0 Å². The minimum Gasteiger partial charge on any atom is -0.481 e. The molecule has 0 spiro atoms. The van der Waals surface area contributed by atoms with Gasteiger partial charge in [0.15, 0.2) is 0 Å². The van der Waals surface area contributed by atoms with Gasteiger partial charge in [-0.05, 0) is 18.4 Å². The Morgan fingerprint density at radius 2 is 2.19 bits per heavy atom. The standard InChI is InChI=1S/C13H13NO2/c1-9-2-3-11-10(8-9)6-7-14-12(11)4-5-13(15)16/h2-3,6-8H,4-5H2,1H3,(H,15,16). The number of carboxylic acid groups (broad SMARTS) is 1. The minimum absolute atomic E-state index is 0.125. The number of benzene rings is 1. The SMILES string of the molecule is Cc1ccc2c(CCC(=O)O)nccc2c1. The average Bonchev–Trinajstić information content (AvgIpc) is 2.25. The van der Waals surface area contributed by atoms with Crippen LogP contribution in [-0.2, 0) is 11.2 Å². The van der Waals surface area contributed by atoms with Crippen molar-refractivity contribution >= 4 is 16.7 Å². The van der Waals surface area contributed by atoms with Gasteiger partial charge < -0.3 is 5.11 Å². The molecule has 0 radical (unpaired) electrons. The summed E-state index contributed by atoms with van der Waals surface area (Å²) in [4.78, 5) is 14.8. The first-order valence-corrected chi connectivity index (χ1v) is 5.23. The highest BCUT2D eigenvalue weighted by molar-refractivity contribution is 5.85. The van der Waals surface area contributed by atoms with E-state index in [1.54, 1.807) is 6.20 Å². The van der Waals surface area contributed by atoms with Gasteiger partial charge in [-0.15, -0.1) is 0 Å². The van der Waals surface area contributed by atoms with Crippen molar-refractivity contribution in [2.45, 2.75) is 19.8 Å². The van der Waals surface area contributed by atoms with Crippen LogP contribution in [0.25, 0.3) is 10.8 Å². The Bertz CT molecular complexity index is 534. The lowest BCUT2D eigenvalue weighted by Crippen LogP contribution is -1.99. The van der Waals surface area contributed by atoms with E-state index < -0.39 is 5.97 Å². The molecule has 0 aliphatic heterocycles. The fraction of sp³-hybridized carbons (Fsp3) is 0.231. The van der Waals surface area contributed by atoms with Gasteiger partial charge in [-0.1, -0.05) is 23.8 Å². The molecule has 3 heteroatoms. The van der Waals surface area contributed by atoms with E-state index >= 15 is 0 Å². The first-order valence-electron chi connectivity index (χ1n) is 5.23. The summed E-state index contributed by atoms with van der Waals surface area (Å²) in [6.07, 6.45) is 2.34. The molecule has 82 valence electrons. The van der Waals surface area contributed by atoms with Crippen LogP contribution in [0.15, 0.2) is 30.5 Å². The van der Waals surface area contributed by atoms with Gasteiger partial charge in [0.2, 0.25) is 0 Å². The maximum absolute atomic E-state index is 10.5. The third-order valence-electron chi connectivity index (χ3n) is 2.58. The first kappa shape index (κ1) is 10.6. The highest BCUT2D eigenvalue weighted by Crippen LogP contribution is 2.19. The fourth-order valence-electron chi connectivity index (χ4n) is 1.78. The average molecular weight is 215 g/mol. The summed E-state index contributed by atoms with van der Waals surface area (Å²) in [5.41, 5.74) is 2.06. The molecule has 0 amide bonds. The van der Waals surface area contributed by atoms with E-state index in [1.807, 2.05) is 25.1 Å². The second kappa shape index (κ2) is 4.31. The van der Waals surface area contributed by atoms with Crippen molar-refractivity contribution in [3.8, 4) is 0 Å². The lowest BCUT2D eigenvalue weighted by molar-refractivity contribution is -0.136. The van der Waals surface area contributed by atoms with Gasteiger partial charge >= 0.3 is 5.97 Å². The van der Waals surface area contributed by atoms with Gasteiger partial charge in [0, 0.05) is 23.7 Å². The molecule has 0 aliphatic carbocycles. The number of carbonyl (C=O) groups is 1. The molecule has 0 unspecified atom stereocenters. The first-order chi connectivity index (χ1) is 7.66. The van der Waals surface area contributed by atoms with Crippen molar-refractivity contribution in [3.05, 3.63) is 41.7 Å². The number of fused-ring (bicyclic) bond motifs is 1. The molecular weight excluding hydrogens is 202 g/mol. The summed E-state index contributed by atoms with van der Waals surface area (Å²) < 4.78 is 0. The van der Waals surface area contributed by atoms with E-state index in [0.29, 0.717) is 6.42 Å². The molecule has 2 rings (SSSR count). The molecule has 1 heterocycles. The molecular formula is C13H13NO2. The zero-order chi connectivity index (χ0) is 11.5. The number of rotatable bonds is 3. The van der Waals surface area contributed by atoms with Crippen molar-refractivity contribution in [3.63, 3.8) is 0 Å². The summed E-state index contributed by atoms with van der Waals surface area (Å²) in [6.45, 7) is 2.04. The predicted octanol–water partition coefficient (Wildman–Crippen LogP) is 2.56. The highest BCUT2D eigenvalue weighted by atomic mass is 16.4. The van der Waals surface area contributed by atoms with Crippen LogP contribution in [-0.4, -0.2) is 16.1 Å². The largest absolute Gasteiger partial charge is 0.481 e. The quantitative estimate of drug-likeness (QED) is 0.856. The van der Waals surface area contributed by atoms with Crippen molar-refractivity contribution < 1.29 is 9.90 Å².